The van der Waals surface area contributed by atoms with Crippen LogP contribution in [0.4, 0.5) is 5.69 Å². The number of fused-ring (bicyclic) bond motifs is 3. The van der Waals surface area contributed by atoms with Crippen LogP contribution in [0.2, 0.25) is 5.02 Å². The first-order valence-corrected chi connectivity index (χ1v) is 10.4. The summed E-state index contributed by atoms with van der Waals surface area (Å²) in [7, 11) is 1.75. The van der Waals surface area contributed by atoms with Crippen LogP contribution >= 0.6 is 22.9 Å². The number of benzene rings is 1. The Morgan fingerprint density at radius 3 is 2.68 bits per heavy atom. The maximum atomic E-state index is 12.5. The van der Waals surface area contributed by atoms with Crippen molar-refractivity contribution in [2.45, 2.75) is 6.54 Å². The van der Waals surface area contributed by atoms with Crippen LogP contribution < -0.4 is 10.5 Å². The summed E-state index contributed by atoms with van der Waals surface area (Å²) in [5.74, 6) is 1.45. The van der Waals surface area contributed by atoms with E-state index in [0.29, 0.717) is 12.3 Å². The molecule has 0 radical (unpaired) electrons. The minimum atomic E-state index is -0.0233. The maximum absolute atomic E-state index is 12.5. The van der Waals surface area contributed by atoms with Gasteiger partial charge in [-0.1, -0.05) is 23.7 Å². The number of thiophene rings is 1. The first-order valence-electron chi connectivity index (χ1n) is 9.15. The number of hydrogen-bond donors (Lipinski definition) is 0. The van der Waals surface area contributed by atoms with Gasteiger partial charge in [0.25, 0.3) is 5.56 Å². The summed E-state index contributed by atoms with van der Waals surface area (Å²) in [4.78, 5) is 17.2. The Morgan fingerprint density at radius 1 is 1.11 bits per heavy atom. The van der Waals surface area contributed by atoms with Gasteiger partial charge in [0, 0.05) is 33.2 Å². The second-order valence-electron chi connectivity index (χ2n) is 6.97. The summed E-state index contributed by atoms with van der Waals surface area (Å²) in [6, 6.07) is 9.94. The van der Waals surface area contributed by atoms with Crippen LogP contribution in [0.15, 0.2) is 40.5 Å². The standard InChI is InChI=1S/C19H19ClN6OS/c1-23-18(27)17-15(6-11-28-17)26-16(21-22-19(23)26)12-24-7-9-25(10-8-24)14-5-3-2-4-13(14)20/h2-6,11H,7-10,12H2,1H3. The molecule has 0 bridgehead atoms. The highest BCUT2D eigenvalue weighted by atomic mass is 35.5. The summed E-state index contributed by atoms with van der Waals surface area (Å²) in [5.41, 5.74) is 1.95. The van der Waals surface area contributed by atoms with Crippen molar-refractivity contribution in [1.29, 1.82) is 0 Å². The van der Waals surface area contributed by atoms with E-state index in [1.807, 2.05) is 34.0 Å². The summed E-state index contributed by atoms with van der Waals surface area (Å²) in [6.07, 6.45) is 0. The van der Waals surface area contributed by atoms with E-state index in [4.69, 9.17) is 11.6 Å². The van der Waals surface area contributed by atoms with Crippen molar-refractivity contribution in [3.05, 3.63) is 56.9 Å². The molecule has 0 amide bonds. The average Bonchev–Trinajstić information content (AvgIpc) is 3.34. The summed E-state index contributed by atoms with van der Waals surface area (Å²) in [6.45, 7) is 4.34. The van der Waals surface area contributed by atoms with Crippen molar-refractivity contribution in [1.82, 2.24) is 24.1 Å². The van der Waals surface area contributed by atoms with E-state index < -0.39 is 0 Å². The predicted molar refractivity (Wildman–Crippen MR) is 113 cm³/mol. The van der Waals surface area contributed by atoms with Crippen molar-refractivity contribution < 1.29 is 0 Å². The van der Waals surface area contributed by atoms with Crippen molar-refractivity contribution in [2.75, 3.05) is 31.1 Å². The Morgan fingerprint density at radius 2 is 1.89 bits per heavy atom. The van der Waals surface area contributed by atoms with E-state index in [9.17, 15) is 4.79 Å². The van der Waals surface area contributed by atoms with E-state index >= 15 is 0 Å². The van der Waals surface area contributed by atoms with Crippen LogP contribution in [-0.2, 0) is 13.6 Å². The minimum absolute atomic E-state index is 0.0233. The van der Waals surface area contributed by atoms with Crippen LogP contribution in [0.3, 0.4) is 0 Å². The van der Waals surface area contributed by atoms with Crippen LogP contribution in [-0.4, -0.2) is 50.2 Å². The molecular formula is C19H19ClN6OS. The molecule has 0 saturated carbocycles. The van der Waals surface area contributed by atoms with Gasteiger partial charge in [-0.25, -0.2) is 0 Å². The van der Waals surface area contributed by atoms with Gasteiger partial charge >= 0.3 is 0 Å². The lowest BCUT2D eigenvalue weighted by atomic mass is 10.2. The monoisotopic (exact) mass is 414 g/mol. The minimum Gasteiger partial charge on any atom is -0.368 e. The molecule has 1 aliphatic rings. The lowest BCUT2D eigenvalue weighted by Gasteiger charge is -2.36. The number of aryl methyl sites for hydroxylation is 1. The fourth-order valence-corrected chi connectivity index (χ4v) is 4.92. The molecule has 1 saturated heterocycles. The van der Waals surface area contributed by atoms with Gasteiger partial charge < -0.3 is 4.90 Å². The molecule has 0 aliphatic carbocycles. The Kier molecular flexibility index (Phi) is 4.34. The largest absolute Gasteiger partial charge is 0.368 e. The summed E-state index contributed by atoms with van der Waals surface area (Å²) in [5, 5.41) is 11.4. The third kappa shape index (κ3) is 2.80. The molecule has 144 valence electrons. The highest BCUT2D eigenvalue weighted by Gasteiger charge is 2.22. The first-order chi connectivity index (χ1) is 13.6. The number of anilines is 1. The number of rotatable bonds is 3. The van der Waals surface area contributed by atoms with Gasteiger partial charge in [-0.2, -0.15) is 0 Å². The smallest absolute Gasteiger partial charge is 0.272 e. The number of piperazine rings is 1. The summed E-state index contributed by atoms with van der Waals surface area (Å²) < 4.78 is 4.32. The number of para-hydroxylation sites is 1. The van der Waals surface area contributed by atoms with E-state index in [0.717, 1.165) is 52.9 Å². The molecule has 0 unspecified atom stereocenters. The summed E-state index contributed by atoms with van der Waals surface area (Å²) >= 11 is 7.80. The molecule has 0 spiro atoms. The Bertz CT molecular complexity index is 1220. The van der Waals surface area contributed by atoms with E-state index in [1.54, 1.807) is 11.6 Å². The Hall–Kier alpha value is -2.42. The Labute approximate surface area is 170 Å². The average molecular weight is 415 g/mol. The first kappa shape index (κ1) is 17.7. The second-order valence-corrected chi connectivity index (χ2v) is 8.29. The third-order valence-electron chi connectivity index (χ3n) is 5.33. The quantitative estimate of drug-likeness (QED) is 0.515. The molecule has 1 aliphatic heterocycles. The normalized spacial score (nSPS) is 15.7. The van der Waals surface area contributed by atoms with Gasteiger partial charge in [0.1, 0.15) is 4.70 Å². The molecule has 0 N–H and O–H groups in total. The lowest BCUT2D eigenvalue weighted by Crippen LogP contribution is -2.46. The van der Waals surface area contributed by atoms with Gasteiger partial charge in [0.15, 0.2) is 5.82 Å². The van der Waals surface area contributed by atoms with Crippen LogP contribution in [0, 0.1) is 0 Å². The Balaban J connectivity index is 1.40. The zero-order valence-electron chi connectivity index (χ0n) is 15.4. The van der Waals surface area contributed by atoms with Crippen molar-refractivity contribution in [3.63, 3.8) is 0 Å². The van der Waals surface area contributed by atoms with Crippen molar-refractivity contribution in [2.24, 2.45) is 7.05 Å². The van der Waals surface area contributed by atoms with E-state index in [1.165, 1.54) is 11.3 Å². The third-order valence-corrected chi connectivity index (χ3v) is 6.54. The highest BCUT2D eigenvalue weighted by Crippen LogP contribution is 2.26. The fraction of sp³-hybridized carbons (Fsp3) is 0.316. The van der Waals surface area contributed by atoms with Crippen LogP contribution in [0.1, 0.15) is 5.82 Å². The molecule has 1 aromatic carbocycles. The highest BCUT2D eigenvalue weighted by molar-refractivity contribution is 7.17. The number of hydrogen-bond acceptors (Lipinski definition) is 6. The topological polar surface area (TPSA) is 58.7 Å². The van der Waals surface area contributed by atoms with E-state index in [-0.39, 0.29) is 5.56 Å². The van der Waals surface area contributed by atoms with Gasteiger partial charge in [0.2, 0.25) is 5.78 Å². The van der Waals surface area contributed by atoms with Crippen molar-refractivity contribution >= 4 is 44.6 Å². The van der Waals surface area contributed by atoms with Gasteiger partial charge in [0.05, 0.1) is 22.8 Å². The molecule has 0 atom stereocenters. The molecule has 3 aromatic heterocycles. The molecule has 9 heteroatoms. The second kappa shape index (κ2) is 6.88. The van der Waals surface area contributed by atoms with Gasteiger partial charge in [-0.05, 0) is 23.6 Å². The number of aromatic nitrogens is 4. The molecule has 4 heterocycles. The molecule has 4 aromatic rings. The molecule has 5 rings (SSSR count). The van der Waals surface area contributed by atoms with E-state index in [2.05, 4.69) is 26.1 Å². The lowest BCUT2D eigenvalue weighted by molar-refractivity contribution is 0.243. The van der Waals surface area contributed by atoms with Gasteiger partial charge in [-0.3, -0.25) is 18.7 Å². The molecular weight excluding hydrogens is 396 g/mol. The van der Waals surface area contributed by atoms with Crippen molar-refractivity contribution in [3.8, 4) is 0 Å². The van der Waals surface area contributed by atoms with Crippen LogP contribution in [0.25, 0.3) is 16.0 Å². The molecule has 7 nitrogen and oxygen atoms in total. The molecule has 28 heavy (non-hydrogen) atoms. The van der Waals surface area contributed by atoms with Gasteiger partial charge in [-0.15, -0.1) is 21.5 Å². The number of nitrogens with zero attached hydrogens (tertiary/aromatic N) is 6. The zero-order valence-corrected chi connectivity index (χ0v) is 16.9. The SMILES string of the molecule is Cn1c(=O)c2sccc2n2c(CN3CCN(c4ccccc4Cl)CC3)nnc12. The predicted octanol–water partition coefficient (Wildman–Crippen LogP) is 2.62. The fourth-order valence-electron chi connectivity index (χ4n) is 3.81. The zero-order chi connectivity index (χ0) is 19.3. The van der Waals surface area contributed by atoms with Crippen LogP contribution in [0.5, 0.6) is 0 Å². The number of halogens is 1. The molecule has 1 fully saturated rings. The maximum Gasteiger partial charge on any atom is 0.272 e.